The number of anilines is 1. The van der Waals surface area contributed by atoms with Crippen LogP contribution in [0.25, 0.3) is 0 Å². The Bertz CT molecular complexity index is 1020. The number of nitrogens with zero attached hydrogens (tertiary/aromatic N) is 3. The van der Waals surface area contributed by atoms with Crippen molar-refractivity contribution in [3.05, 3.63) is 54.1 Å². The van der Waals surface area contributed by atoms with E-state index in [0.717, 1.165) is 31.4 Å². The van der Waals surface area contributed by atoms with Gasteiger partial charge in [-0.1, -0.05) is 31.0 Å². The summed E-state index contributed by atoms with van der Waals surface area (Å²) in [5.74, 6) is 0.0681. The van der Waals surface area contributed by atoms with Gasteiger partial charge >= 0.3 is 0 Å². The minimum atomic E-state index is -3.60. The lowest BCUT2D eigenvalue weighted by atomic mass is 10.1. The average Bonchev–Trinajstić information content (AvgIpc) is 3.09. The zero-order valence-corrected chi connectivity index (χ0v) is 18.4. The molecule has 2 aliphatic rings. The van der Waals surface area contributed by atoms with Gasteiger partial charge in [-0.2, -0.15) is 4.31 Å². The Labute approximate surface area is 183 Å². The smallest absolute Gasteiger partial charge is 0.254 e. The zero-order chi connectivity index (χ0) is 21.8. The molecule has 2 aromatic rings. The number of benzene rings is 2. The molecule has 0 aliphatic carbocycles. The molecule has 0 atom stereocenters. The minimum absolute atomic E-state index is 0.162. The van der Waals surface area contributed by atoms with Crippen LogP contribution in [0, 0.1) is 0 Å². The normalized spacial score (nSPS) is 18.6. The number of piperazine rings is 1. The number of hydrogen-bond acceptors (Lipinski definition) is 5. The molecule has 2 heterocycles. The van der Waals surface area contributed by atoms with Crippen molar-refractivity contribution in [2.45, 2.75) is 30.6 Å². The summed E-state index contributed by atoms with van der Waals surface area (Å²) < 4.78 is 27.7. The molecule has 2 aliphatic heterocycles. The van der Waals surface area contributed by atoms with E-state index >= 15 is 0 Å². The highest BCUT2D eigenvalue weighted by molar-refractivity contribution is 7.89. The molecule has 2 fully saturated rings. The molecular formula is C23H29N3O4S. The van der Waals surface area contributed by atoms with Crippen molar-refractivity contribution in [3.63, 3.8) is 0 Å². The van der Waals surface area contributed by atoms with E-state index in [4.69, 9.17) is 0 Å². The average molecular weight is 444 g/mol. The summed E-state index contributed by atoms with van der Waals surface area (Å²) in [6, 6.07) is 13.6. The molecule has 1 amide bonds. The topological polar surface area (TPSA) is 81.2 Å². The van der Waals surface area contributed by atoms with E-state index < -0.39 is 10.0 Å². The van der Waals surface area contributed by atoms with Gasteiger partial charge in [-0.3, -0.25) is 4.79 Å². The van der Waals surface area contributed by atoms with Crippen molar-refractivity contribution in [1.29, 1.82) is 0 Å². The third-order valence-electron chi connectivity index (χ3n) is 6.07. The number of carbonyl (C=O) groups excluding carboxylic acids is 1. The Morgan fingerprint density at radius 2 is 1.48 bits per heavy atom. The first-order chi connectivity index (χ1) is 15.0. The van der Waals surface area contributed by atoms with E-state index in [1.54, 1.807) is 39.5 Å². The van der Waals surface area contributed by atoms with Gasteiger partial charge in [0.15, 0.2) is 0 Å². The Kier molecular flexibility index (Phi) is 6.48. The number of rotatable bonds is 4. The van der Waals surface area contributed by atoms with Crippen molar-refractivity contribution in [3.8, 4) is 5.75 Å². The van der Waals surface area contributed by atoms with Crippen LogP contribution in [-0.2, 0) is 10.0 Å². The molecule has 0 unspecified atom stereocenters. The van der Waals surface area contributed by atoms with E-state index in [1.807, 2.05) is 12.1 Å². The van der Waals surface area contributed by atoms with Crippen molar-refractivity contribution in [2.24, 2.45) is 0 Å². The standard InChI is InChI=1S/C23H29N3O4S/c27-22-11-4-3-10-21(22)24-14-16-25(17-15-24)23(28)19-8-7-9-20(18-19)31(29,30)26-12-5-1-2-6-13-26/h3-4,7-11,18,27H,1-2,5-6,12-17H2. The highest BCUT2D eigenvalue weighted by Gasteiger charge is 2.28. The van der Waals surface area contributed by atoms with Crippen molar-refractivity contribution in [2.75, 3.05) is 44.2 Å². The van der Waals surface area contributed by atoms with Gasteiger partial charge in [0.1, 0.15) is 5.75 Å². The van der Waals surface area contributed by atoms with Crippen LogP contribution in [-0.4, -0.2) is 67.9 Å². The van der Waals surface area contributed by atoms with Crippen molar-refractivity contribution in [1.82, 2.24) is 9.21 Å². The van der Waals surface area contributed by atoms with Crippen LogP contribution < -0.4 is 4.90 Å². The molecule has 2 aromatic carbocycles. The number of phenolic OH excluding ortho intramolecular Hbond substituents is 1. The Morgan fingerprint density at radius 1 is 0.806 bits per heavy atom. The first-order valence-electron chi connectivity index (χ1n) is 10.9. The van der Waals surface area contributed by atoms with E-state index in [0.29, 0.717) is 44.8 Å². The molecule has 0 bridgehead atoms. The molecule has 0 saturated carbocycles. The molecule has 0 spiro atoms. The molecule has 31 heavy (non-hydrogen) atoms. The van der Waals surface area contributed by atoms with Crippen LogP contribution in [0.3, 0.4) is 0 Å². The van der Waals surface area contributed by atoms with Crippen molar-refractivity contribution < 1.29 is 18.3 Å². The summed E-state index contributed by atoms with van der Waals surface area (Å²) >= 11 is 0. The van der Waals surface area contributed by atoms with Gasteiger partial charge in [-0.25, -0.2) is 8.42 Å². The molecule has 2 saturated heterocycles. The summed E-state index contributed by atoms with van der Waals surface area (Å²) in [7, 11) is -3.60. The lowest BCUT2D eigenvalue weighted by Gasteiger charge is -2.36. The second-order valence-electron chi connectivity index (χ2n) is 8.11. The molecule has 166 valence electrons. The predicted molar refractivity (Wildman–Crippen MR) is 120 cm³/mol. The van der Waals surface area contributed by atoms with Crippen LogP contribution in [0.15, 0.2) is 53.4 Å². The summed E-state index contributed by atoms with van der Waals surface area (Å²) in [5.41, 5.74) is 1.16. The SMILES string of the molecule is O=C(c1cccc(S(=O)(=O)N2CCCCCC2)c1)N1CCN(c2ccccc2O)CC1. The second kappa shape index (κ2) is 9.28. The second-order valence-corrected chi connectivity index (χ2v) is 10.1. The fraction of sp³-hybridized carbons (Fsp3) is 0.435. The summed E-state index contributed by atoms with van der Waals surface area (Å²) in [4.78, 5) is 17.1. The number of aromatic hydroxyl groups is 1. The third-order valence-corrected chi connectivity index (χ3v) is 7.97. The van der Waals surface area contributed by atoms with Crippen molar-refractivity contribution >= 4 is 21.6 Å². The van der Waals surface area contributed by atoms with Gasteiger partial charge in [0.25, 0.3) is 5.91 Å². The van der Waals surface area contributed by atoms with E-state index in [2.05, 4.69) is 4.90 Å². The lowest BCUT2D eigenvalue weighted by molar-refractivity contribution is 0.0746. The van der Waals surface area contributed by atoms with Crippen LogP contribution in [0.1, 0.15) is 36.0 Å². The van der Waals surface area contributed by atoms with Gasteiger partial charge in [0.05, 0.1) is 10.6 Å². The van der Waals surface area contributed by atoms with E-state index in [1.165, 1.54) is 6.07 Å². The number of sulfonamides is 1. The van der Waals surface area contributed by atoms with E-state index in [9.17, 15) is 18.3 Å². The first kappa shape index (κ1) is 21.6. The largest absolute Gasteiger partial charge is 0.506 e. The first-order valence-corrected chi connectivity index (χ1v) is 12.3. The molecule has 1 N–H and O–H groups in total. The maximum atomic E-state index is 13.1. The van der Waals surface area contributed by atoms with Gasteiger partial charge in [0.2, 0.25) is 10.0 Å². The molecule has 8 heteroatoms. The zero-order valence-electron chi connectivity index (χ0n) is 17.6. The van der Waals surface area contributed by atoms with E-state index in [-0.39, 0.29) is 16.6 Å². The van der Waals surface area contributed by atoms with Gasteiger partial charge in [-0.05, 0) is 43.2 Å². The third kappa shape index (κ3) is 4.70. The molecule has 0 aromatic heterocycles. The molecular weight excluding hydrogens is 414 g/mol. The number of hydrogen-bond donors (Lipinski definition) is 1. The van der Waals surface area contributed by atoms with Crippen LogP contribution in [0.4, 0.5) is 5.69 Å². The highest BCUT2D eigenvalue weighted by atomic mass is 32.2. The van der Waals surface area contributed by atoms with Crippen LogP contribution in [0.2, 0.25) is 0 Å². The maximum absolute atomic E-state index is 13.1. The van der Waals surface area contributed by atoms with Gasteiger partial charge in [0, 0.05) is 44.8 Å². The molecule has 4 rings (SSSR count). The highest BCUT2D eigenvalue weighted by Crippen LogP contribution is 2.28. The fourth-order valence-corrected chi connectivity index (χ4v) is 5.85. The van der Waals surface area contributed by atoms with Crippen LogP contribution in [0.5, 0.6) is 5.75 Å². The predicted octanol–water partition coefficient (Wildman–Crippen LogP) is 2.92. The van der Waals surface area contributed by atoms with Crippen LogP contribution >= 0.6 is 0 Å². The molecule has 0 radical (unpaired) electrons. The summed E-state index contributed by atoms with van der Waals surface area (Å²) in [5, 5.41) is 10.1. The number of phenols is 1. The van der Waals surface area contributed by atoms with Gasteiger partial charge in [-0.15, -0.1) is 0 Å². The quantitative estimate of drug-likeness (QED) is 0.786. The summed E-state index contributed by atoms with van der Waals surface area (Å²) in [6.45, 7) is 3.31. The Hall–Kier alpha value is -2.58. The maximum Gasteiger partial charge on any atom is 0.254 e. The number of carbonyl (C=O) groups is 1. The Morgan fingerprint density at radius 3 is 2.16 bits per heavy atom. The lowest BCUT2D eigenvalue weighted by Crippen LogP contribution is -2.48. The Balaban J connectivity index is 1.46. The monoisotopic (exact) mass is 443 g/mol. The fourth-order valence-electron chi connectivity index (χ4n) is 4.29. The number of amides is 1. The number of para-hydroxylation sites is 2. The molecule has 7 nitrogen and oxygen atoms in total. The minimum Gasteiger partial charge on any atom is -0.506 e. The summed E-state index contributed by atoms with van der Waals surface area (Å²) in [6.07, 6.45) is 3.85. The van der Waals surface area contributed by atoms with Gasteiger partial charge < -0.3 is 14.9 Å².